The fourth-order valence-corrected chi connectivity index (χ4v) is 1.57. The molecule has 0 saturated carbocycles. The lowest BCUT2D eigenvalue weighted by atomic mass is 10.1. The Morgan fingerprint density at radius 2 is 2.20 bits per heavy atom. The van der Waals surface area contributed by atoms with Gasteiger partial charge in [-0.3, -0.25) is 4.98 Å². The van der Waals surface area contributed by atoms with Crippen molar-refractivity contribution in [2.75, 3.05) is 0 Å². The van der Waals surface area contributed by atoms with Crippen LogP contribution >= 0.6 is 0 Å². The molecule has 1 nitrogen and oxygen atoms in total. The Bertz CT molecular complexity index is 503. The molecule has 1 aromatic heterocycles. The van der Waals surface area contributed by atoms with Gasteiger partial charge < -0.3 is 0 Å². The predicted molar refractivity (Wildman–Crippen MR) is 60.3 cm³/mol. The SMILES string of the molecule is C/C(=C/F)Cc1cnc2ccccc2c1. The summed E-state index contributed by atoms with van der Waals surface area (Å²) in [7, 11) is 0. The van der Waals surface area contributed by atoms with Gasteiger partial charge in [-0.25, -0.2) is 4.39 Å². The Hall–Kier alpha value is -1.70. The maximum atomic E-state index is 12.2. The number of fused-ring (bicyclic) bond motifs is 1. The minimum atomic E-state index is 0.619. The van der Waals surface area contributed by atoms with Crippen LogP contribution in [0.25, 0.3) is 10.9 Å². The summed E-state index contributed by atoms with van der Waals surface area (Å²) in [4.78, 5) is 4.32. The molecule has 0 amide bonds. The van der Waals surface area contributed by atoms with Crippen LogP contribution < -0.4 is 0 Å². The lowest BCUT2D eigenvalue weighted by Crippen LogP contribution is -1.88. The average molecular weight is 201 g/mol. The third-order valence-corrected chi connectivity index (χ3v) is 2.32. The van der Waals surface area contributed by atoms with Crippen LogP contribution in [0.3, 0.4) is 0 Å². The molecule has 0 fully saturated rings. The quantitative estimate of drug-likeness (QED) is 0.722. The van der Waals surface area contributed by atoms with Gasteiger partial charge in [0.1, 0.15) is 0 Å². The zero-order valence-electron chi connectivity index (χ0n) is 8.57. The summed E-state index contributed by atoms with van der Waals surface area (Å²) >= 11 is 0. The second-order valence-corrected chi connectivity index (χ2v) is 3.67. The van der Waals surface area contributed by atoms with Crippen LogP contribution in [0.5, 0.6) is 0 Å². The van der Waals surface area contributed by atoms with Crippen molar-refractivity contribution in [3.05, 3.63) is 54.0 Å². The van der Waals surface area contributed by atoms with Crippen molar-refractivity contribution in [1.29, 1.82) is 0 Å². The summed E-state index contributed by atoms with van der Waals surface area (Å²) in [5.41, 5.74) is 2.73. The Morgan fingerprint density at radius 1 is 1.40 bits per heavy atom. The van der Waals surface area contributed by atoms with E-state index < -0.39 is 0 Å². The predicted octanol–water partition coefficient (Wildman–Crippen LogP) is 3.65. The zero-order valence-corrected chi connectivity index (χ0v) is 8.57. The van der Waals surface area contributed by atoms with E-state index in [-0.39, 0.29) is 0 Å². The van der Waals surface area contributed by atoms with E-state index in [1.807, 2.05) is 24.3 Å². The molecule has 0 atom stereocenters. The molecule has 76 valence electrons. The van der Waals surface area contributed by atoms with Crippen molar-refractivity contribution in [3.63, 3.8) is 0 Å². The van der Waals surface area contributed by atoms with Crippen LogP contribution in [0.15, 0.2) is 48.4 Å². The molecular formula is C13H12FN. The molecule has 1 heterocycles. The van der Waals surface area contributed by atoms with E-state index in [1.165, 1.54) is 0 Å². The first-order valence-corrected chi connectivity index (χ1v) is 4.89. The summed E-state index contributed by atoms with van der Waals surface area (Å²) in [6.07, 6.45) is 3.07. The van der Waals surface area contributed by atoms with Crippen LogP contribution in [0.4, 0.5) is 4.39 Å². The molecule has 2 aromatic rings. The second-order valence-electron chi connectivity index (χ2n) is 3.67. The number of halogens is 1. The summed E-state index contributed by atoms with van der Waals surface area (Å²) in [6.45, 7) is 1.77. The van der Waals surface area contributed by atoms with Crippen molar-refractivity contribution in [2.24, 2.45) is 0 Å². The molecule has 0 saturated heterocycles. The lowest BCUT2D eigenvalue weighted by molar-refractivity contribution is 0.704. The van der Waals surface area contributed by atoms with Gasteiger partial charge in [0.25, 0.3) is 0 Å². The van der Waals surface area contributed by atoms with Gasteiger partial charge in [0.05, 0.1) is 11.8 Å². The number of allylic oxidation sites excluding steroid dienone is 1. The number of pyridine rings is 1. The minimum absolute atomic E-state index is 0.619. The fourth-order valence-electron chi connectivity index (χ4n) is 1.57. The topological polar surface area (TPSA) is 12.9 Å². The monoisotopic (exact) mass is 201 g/mol. The highest BCUT2D eigenvalue weighted by Gasteiger charge is 1.98. The Morgan fingerprint density at radius 3 is 3.00 bits per heavy atom. The molecule has 1 aromatic carbocycles. The van der Waals surface area contributed by atoms with Crippen molar-refractivity contribution in [2.45, 2.75) is 13.3 Å². The van der Waals surface area contributed by atoms with Gasteiger partial charge >= 0.3 is 0 Å². The van der Waals surface area contributed by atoms with Gasteiger partial charge in [0.15, 0.2) is 0 Å². The first kappa shape index (κ1) is 9.84. The molecule has 0 N–H and O–H groups in total. The van der Waals surface area contributed by atoms with Crippen LogP contribution in [0, 0.1) is 0 Å². The number of aromatic nitrogens is 1. The van der Waals surface area contributed by atoms with Crippen molar-refractivity contribution in [3.8, 4) is 0 Å². The highest BCUT2D eigenvalue weighted by molar-refractivity contribution is 5.78. The van der Waals surface area contributed by atoms with Crippen LogP contribution in [0.1, 0.15) is 12.5 Å². The molecule has 2 heteroatoms. The van der Waals surface area contributed by atoms with E-state index >= 15 is 0 Å². The number of hydrogen-bond acceptors (Lipinski definition) is 1. The second kappa shape index (κ2) is 4.22. The van der Waals surface area contributed by atoms with Gasteiger partial charge in [-0.1, -0.05) is 18.2 Å². The summed E-state index contributed by atoms with van der Waals surface area (Å²) in [5, 5.41) is 1.10. The number of rotatable bonds is 2. The summed E-state index contributed by atoms with van der Waals surface area (Å²) in [5.74, 6) is 0. The first-order valence-electron chi connectivity index (χ1n) is 4.89. The van der Waals surface area contributed by atoms with Crippen molar-refractivity contribution in [1.82, 2.24) is 4.98 Å². The molecule has 0 bridgehead atoms. The number of para-hydroxylation sites is 1. The Balaban J connectivity index is 2.39. The molecule has 2 rings (SSSR count). The Kier molecular flexibility index (Phi) is 2.77. The van der Waals surface area contributed by atoms with Gasteiger partial charge in [-0.05, 0) is 36.6 Å². The van der Waals surface area contributed by atoms with E-state index in [4.69, 9.17) is 0 Å². The fraction of sp³-hybridized carbons (Fsp3) is 0.154. The van der Waals surface area contributed by atoms with Crippen molar-refractivity contribution >= 4 is 10.9 Å². The molecule has 0 spiro atoms. The van der Waals surface area contributed by atoms with Crippen molar-refractivity contribution < 1.29 is 4.39 Å². The maximum absolute atomic E-state index is 12.2. The van der Waals surface area contributed by atoms with Gasteiger partial charge in [0, 0.05) is 11.6 Å². The van der Waals surface area contributed by atoms with Gasteiger partial charge in [-0.15, -0.1) is 0 Å². The maximum Gasteiger partial charge on any atom is 0.0859 e. The van der Waals surface area contributed by atoms with E-state index in [1.54, 1.807) is 13.1 Å². The molecule has 0 aliphatic heterocycles. The third-order valence-electron chi connectivity index (χ3n) is 2.32. The number of nitrogens with zero attached hydrogens (tertiary/aromatic N) is 1. The standard InChI is InChI=1S/C13H12FN/c1-10(8-14)6-11-7-12-4-2-3-5-13(12)15-9-11/h2-5,7-9H,6H2,1H3/b10-8-. The van der Waals surface area contributed by atoms with E-state index in [9.17, 15) is 4.39 Å². The normalized spacial score (nSPS) is 12.0. The van der Waals surface area contributed by atoms with Gasteiger partial charge in [0.2, 0.25) is 0 Å². The zero-order chi connectivity index (χ0) is 10.7. The Labute approximate surface area is 88.3 Å². The van der Waals surface area contributed by atoms with E-state index in [0.29, 0.717) is 18.3 Å². The summed E-state index contributed by atoms with van der Waals surface area (Å²) < 4.78 is 12.2. The van der Waals surface area contributed by atoms with Crippen LogP contribution in [-0.4, -0.2) is 4.98 Å². The molecule has 15 heavy (non-hydrogen) atoms. The number of benzene rings is 1. The average Bonchev–Trinajstić information content (AvgIpc) is 2.29. The molecule has 0 radical (unpaired) electrons. The molecule has 0 unspecified atom stereocenters. The molecule has 0 aliphatic rings. The van der Waals surface area contributed by atoms with Crippen LogP contribution in [0.2, 0.25) is 0 Å². The smallest absolute Gasteiger partial charge is 0.0859 e. The van der Waals surface area contributed by atoms with E-state index in [2.05, 4.69) is 11.1 Å². The molecular weight excluding hydrogens is 189 g/mol. The third kappa shape index (κ3) is 2.21. The first-order chi connectivity index (χ1) is 7.29. The largest absolute Gasteiger partial charge is 0.256 e. The van der Waals surface area contributed by atoms with Gasteiger partial charge in [-0.2, -0.15) is 0 Å². The lowest BCUT2D eigenvalue weighted by Gasteiger charge is -2.02. The minimum Gasteiger partial charge on any atom is -0.256 e. The van der Waals surface area contributed by atoms with Crippen LogP contribution in [-0.2, 0) is 6.42 Å². The number of hydrogen-bond donors (Lipinski definition) is 0. The highest BCUT2D eigenvalue weighted by atomic mass is 19.1. The highest BCUT2D eigenvalue weighted by Crippen LogP contribution is 2.15. The summed E-state index contributed by atoms with van der Waals surface area (Å²) in [6, 6.07) is 9.97. The molecule has 0 aliphatic carbocycles. The van der Waals surface area contributed by atoms with E-state index in [0.717, 1.165) is 16.5 Å².